The zero-order valence-electron chi connectivity index (χ0n) is 14.0. The summed E-state index contributed by atoms with van der Waals surface area (Å²) in [6, 6.07) is 4.86. The number of carbonyl (C=O) groups excluding carboxylic acids is 2. The van der Waals surface area contributed by atoms with Crippen molar-refractivity contribution < 1.29 is 22.8 Å². The molecule has 0 radical (unpaired) electrons. The monoisotopic (exact) mass is 365 g/mol. The molecule has 2 fully saturated rings. The van der Waals surface area contributed by atoms with E-state index < -0.39 is 11.7 Å². The average Bonchev–Trinajstić information content (AvgIpc) is 2.94. The van der Waals surface area contributed by atoms with E-state index in [0.29, 0.717) is 25.7 Å². The first-order valence-electron chi connectivity index (χ1n) is 8.52. The van der Waals surface area contributed by atoms with E-state index in [1.807, 2.05) is 0 Å². The zero-order chi connectivity index (χ0) is 18.9. The fourth-order valence-corrected chi connectivity index (χ4v) is 3.67. The first-order valence-corrected chi connectivity index (χ1v) is 8.52. The maximum Gasteiger partial charge on any atom is 0.418 e. The molecule has 0 atom stereocenters. The minimum Gasteiger partial charge on any atom is -0.382 e. The standard InChI is InChI=1S/C18H18F3N3O2/c19-18(20,21)14-9-11(10-22)1-6-15(14)23-12-2-4-13(5-3-12)24-16(25)7-8-17(24)26/h1,6,9,12-13,23H,2-5,7-8H2. The molecule has 1 N–H and O–H groups in total. The van der Waals surface area contributed by atoms with Crippen molar-refractivity contribution in [3.8, 4) is 6.07 Å². The normalized spacial score (nSPS) is 23.8. The molecule has 0 unspecified atom stereocenters. The maximum atomic E-state index is 13.2. The highest BCUT2D eigenvalue weighted by Gasteiger charge is 2.38. The number of likely N-dealkylation sites (tertiary alicyclic amines) is 1. The van der Waals surface area contributed by atoms with Gasteiger partial charge in [-0.3, -0.25) is 14.5 Å². The highest BCUT2D eigenvalue weighted by Crippen LogP contribution is 2.37. The third kappa shape index (κ3) is 3.66. The molecule has 1 aliphatic carbocycles. The van der Waals surface area contributed by atoms with Gasteiger partial charge >= 0.3 is 6.18 Å². The number of imide groups is 1. The summed E-state index contributed by atoms with van der Waals surface area (Å²) >= 11 is 0. The predicted octanol–water partition coefficient (Wildman–Crippen LogP) is 3.45. The molecule has 2 amide bonds. The van der Waals surface area contributed by atoms with Crippen LogP contribution in [0.2, 0.25) is 0 Å². The average molecular weight is 365 g/mol. The third-order valence-electron chi connectivity index (χ3n) is 4.97. The van der Waals surface area contributed by atoms with Gasteiger partial charge in [0.05, 0.1) is 17.2 Å². The van der Waals surface area contributed by atoms with Crippen LogP contribution in [0.1, 0.15) is 49.7 Å². The molecule has 0 bridgehead atoms. The van der Waals surface area contributed by atoms with Crippen LogP contribution in [-0.2, 0) is 15.8 Å². The van der Waals surface area contributed by atoms with Gasteiger partial charge in [-0.1, -0.05) is 0 Å². The van der Waals surface area contributed by atoms with E-state index in [9.17, 15) is 22.8 Å². The smallest absolute Gasteiger partial charge is 0.382 e. The number of rotatable bonds is 3. The summed E-state index contributed by atoms with van der Waals surface area (Å²) in [5.74, 6) is -0.310. The van der Waals surface area contributed by atoms with Crippen LogP contribution < -0.4 is 5.32 Å². The molecule has 1 aliphatic heterocycles. The van der Waals surface area contributed by atoms with Crippen LogP contribution in [0, 0.1) is 11.3 Å². The van der Waals surface area contributed by atoms with Gasteiger partial charge < -0.3 is 5.32 Å². The number of hydrogen-bond donors (Lipinski definition) is 1. The van der Waals surface area contributed by atoms with Gasteiger partial charge in [0.15, 0.2) is 0 Å². The molecule has 5 nitrogen and oxygen atoms in total. The molecule has 1 saturated heterocycles. The van der Waals surface area contributed by atoms with E-state index in [1.54, 1.807) is 6.07 Å². The first kappa shape index (κ1) is 18.2. The Morgan fingerprint density at radius 1 is 1.08 bits per heavy atom. The minimum atomic E-state index is -4.55. The number of benzene rings is 1. The second kappa shape index (κ2) is 6.98. The Morgan fingerprint density at radius 3 is 2.23 bits per heavy atom. The van der Waals surface area contributed by atoms with Gasteiger partial charge in [-0.2, -0.15) is 18.4 Å². The second-order valence-corrected chi connectivity index (χ2v) is 6.68. The molecule has 26 heavy (non-hydrogen) atoms. The van der Waals surface area contributed by atoms with Crippen molar-refractivity contribution in [2.45, 2.75) is 56.8 Å². The van der Waals surface area contributed by atoms with Crippen LogP contribution in [0.15, 0.2) is 18.2 Å². The van der Waals surface area contributed by atoms with E-state index in [0.717, 1.165) is 6.07 Å². The third-order valence-corrected chi connectivity index (χ3v) is 4.97. The summed E-state index contributed by atoms with van der Waals surface area (Å²) < 4.78 is 39.7. The zero-order valence-corrected chi connectivity index (χ0v) is 14.0. The molecule has 1 saturated carbocycles. The highest BCUT2D eigenvalue weighted by atomic mass is 19.4. The summed E-state index contributed by atoms with van der Waals surface area (Å²) in [5.41, 5.74) is -0.950. The summed E-state index contributed by atoms with van der Waals surface area (Å²) in [6.45, 7) is 0. The first-order chi connectivity index (χ1) is 12.3. The fraction of sp³-hybridized carbons (Fsp3) is 0.500. The topological polar surface area (TPSA) is 73.2 Å². The Balaban J connectivity index is 1.68. The quantitative estimate of drug-likeness (QED) is 0.833. The molecule has 1 aromatic rings. The Bertz CT molecular complexity index is 746. The number of anilines is 1. The van der Waals surface area contributed by atoms with Gasteiger partial charge in [-0.15, -0.1) is 0 Å². The maximum absolute atomic E-state index is 13.2. The van der Waals surface area contributed by atoms with Crippen LogP contribution in [0.4, 0.5) is 18.9 Å². The number of hydrogen-bond acceptors (Lipinski definition) is 4. The van der Waals surface area contributed by atoms with Crippen molar-refractivity contribution >= 4 is 17.5 Å². The van der Waals surface area contributed by atoms with Crippen LogP contribution in [0.25, 0.3) is 0 Å². The number of nitrogens with one attached hydrogen (secondary N) is 1. The summed E-state index contributed by atoms with van der Waals surface area (Å²) in [4.78, 5) is 25.0. The minimum absolute atomic E-state index is 0.0439. The number of nitriles is 1. The van der Waals surface area contributed by atoms with Crippen LogP contribution in [0.3, 0.4) is 0 Å². The molecule has 0 spiro atoms. The van der Waals surface area contributed by atoms with Crippen LogP contribution in [0.5, 0.6) is 0 Å². The Hall–Kier alpha value is -2.56. The van der Waals surface area contributed by atoms with Crippen molar-refractivity contribution in [2.24, 2.45) is 0 Å². The Morgan fingerprint density at radius 2 is 1.69 bits per heavy atom. The molecular formula is C18H18F3N3O2. The van der Waals surface area contributed by atoms with Crippen molar-refractivity contribution in [1.82, 2.24) is 4.90 Å². The lowest BCUT2D eigenvalue weighted by molar-refractivity contribution is -0.142. The number of nitrogens with zero attached hydrogens (tertiary/aromatic N) is 2. The van der Waals surface area contributed by atoms with E-state index in [2.05, 4.69) is 5.32 Å². The highest BCUT2D eigenvalue weighted by molar-refractivity contribution is 6.02. The van der Waals surface area contributed by atoms with Crippen molar-refractivity contribution in [1.29, 1.82) is 5.26 Å². The summed E-state index contributed by atoms with van der Waals surface area (Å²) in [6.07, 6.45) is -1.77. The molecule has 1 heterocycles. The van der Waals surface area contributed by atoms with Gasteiger partial charge in [0.1, 0.15) is 0 Å². The lowest BCUT2D eigenvalue weighted by Crippen LogP contribution is -2.43. The van der Waals surface area contributed by atoms with Gasteiger partial charge in [-0.25, -0.2) is 0 Å². The van der Waals surface area contributed by atoms with Crippen molar-refractivity contribution in [2.75, 3.05) is 5.32 Å². The summed E-state index contributed by atoms with van der Waals surface area (Å²) in [7, 11) is 0. The van der Waals surface area contributed by atoms with E-state index in [-0.39, 0.29) is 48.0 Å². The molecule has 0 aromatic heterocycles. The van der Waals surface area contributed by atoms with E-state index in [1.165, 1.54) is 17.0 Å². The van der Waals surface area contributed by atoms with Gasteiger partial charge in [0.25, 0.3) is 0 Å². The molecule has 1 aromatic carbocycles. The Kier molecular flexibility index (Phi) is 4.90. The van der Waals surface area contributed by atoms with Crippen molar-refractivity contribution in [3.63, 3.8) is 0 Å². The molecule has 138 valence electrons. The van der Waals surface area contributed by atoms with Gasteiger partial charge in [0, 0.05) is 30.6 Å². The lowest BCUT2D eigenvalue weighted by atomic mass is 9.89. The fourth-order valence-electron chi connectivity index (χ4n) is 3.67. The van der Waals surface area contributed by atoms with Crippen LogP contribution >= 0.6 is 0 Å². The molecular weight excluding hydrogens is 347 g/mol. The van der Waals surface area contributed by atoms with Gasteiger partial charge in [0.2, 0.25) is 11.8 Å². The lowest BCUT2D eigenvalue weighted by Gasteiger charge is -2.34. The predicted molar refractivity (Wildman–Crippen MR) is 86.9 cm³/mol. The molecule has 3 rings (SSSR count). The van der Waals surface area contributed by atoms with Crippen molar-refractivity contribution in [3.05, 3.63) is 29.3 Å². The number of halogens is 3. The molecule has 2 aliphatic rings. The summed E-state index contributed by atoms with van der Waals surface area (Å²) in [5, 5.41) is 11.7. The number of carbonyl (C=O) groups is 2. The van der Waals surface area contributed by atoms with Gasteiger partial charge in [-0.05, 0) is 43.9 Å². The largest absolute Gasteiger partial charge is 0.418 e. The Labute approximate surface area is 148 Å². The molecule has 8 heteroatoms. The SMILES string of the molecule is N#Cc1ccc(NC2CCC(N3C(=O)CCC3=O)CC2)c(C(F)(F)F)c1. The number of amides is 2. The van der Waals surface area contributed by atoms with E-state index in [4.69, 9.17) is 5.26 Å². The second-order valence-electron chi connectivity index (χ2n) is 6.68. The van der Waals surface area contributed by atoms with E-state index >= 15 is 0 Å². The van der Waals surface area contributed by atoms with Crippen LogP contribution in [-0.4, -0.2) is 28.8 Å². The number of alkyl halides is 3.